The molecule has 2 N–H and O–H groups in total. The monoisotopic (exact) mass is 152 g/mol. The Kier molecular flexibility index (Phi) is 2.44. The third-order valence-corrected chi connectivity index (χ3v) is 1.45. The zero-order valence-electron chi connectivity index (χ0n) is 6.74. The summed E-state index contributed by atoms with van der Waals surface area (Å²) in [6.45, 7) is 1.88. The van der Waals surface area contributed by atoms with Gasteiger partial charge >= 0.3 is 0 Å². The fraction of sp³-hybridized carbons (Fsp3) is 0.375. The third kappa shape index (κ3) is 1.68. The minimum absolute atomic E-state index is 0.0776. The number of methoxy groups -OCH3 is 1. The van der Waals surface area contributed by atoms with E-state index in [1.807, 2.05) is 19.1 Å². The normalized spacial score (nSPS) is 12.6. The maximum Gasteiger partial charge on any atom is 0.141 e. The Morgan fingerprint density at radius 2 is 2.36 bits per heavy atom. The van der Waals surface area contributed by atoms with E-state index in [1.54, 1.807) is 13.3 Å². The van der Waals surface area contributed by atoms with Crippen LogP contribution < -0.4 is 10.5 Å². The second kappa shape index (κ2) is 3.34. The van der Waals surface area contributed by atoms with E-state index in [9.17, 15) is 0 Å². The standard InChI is InChI=1S/C8H12N2O/c1-6(9)8-7(11-2)4-3-5-10-8/h3-6H,9H2,1-2H3. The van der Waals surface area contributed by atoms with E-state index < -0.39 is 0 Å². The number of rotatable bonds is 2. The largest absolute Gasteiger partial charge is 0.495 e. The molecule has 0 spiro atoms. The lowest BCUT2D eigenvalue weighted by Crippen LogP contribution is -2.08. The second-order valence-electron chi connectivity index (χ2n) is 2.38. The molecule has 1 rings (SSSR count). The average Bonchev–Trinajstić information content (AvgIpc) is 2.04. The van der Waals surface area contributed by atoms with Crippen molar-refractivity contribution >= 4 is 0 Å². The van der Waals surface area contributed by atoms with Crippen molar-refractivity contribution in [2.45, 2.75) is 13.0 Å². The molecule has 3 heteroatoms. The fourth-order valence-electron chi connectivity index (χ4n) is 0.917. The van der Waals surface area contributed by atoms with Crippen molar-refractivity contribution in [3.05, 3.63) is 24.0 Å². The van der Waals surface area contributed by atoms with Crippen molar-refractivity contribution < 1.29 is 4.74 Å². The Bertz CT molecular complexity index is 235. The van der Waals surface area contributed by atoms with Gasteiger partial charge < -0.3 is 10.5 Å². The van der Waals surface area contributed by atoms with Crippen LogP contribution in [0.2, 0.25) is 0 Å². The van der Waals surface area contributed by atoms with Gasteiger partial charge in [-0.1, -0.05) is 0 Å². The van der Waals surface area contributed by atoms with Crippen LogP contribution in [0.5, 0.6) is 5.75 Å². The molecule has 1 heterocycles. The lowest BCUT2D eigenvalue weighted by Gasteiger charge is -2.08. The molecule has 0 aromatic carbocycles. The zero-order valence-corrected chi connectivity index (χ0v) is 6.74. The molecule has 0 aliphatic rings. The minimum atomic E-state index is -0.0776. The maximum atomic E-state index is 5.65. The van der Waals surface area contributed by atoms with Crippen LogP contribution in [-0.4, -0.2) is 12.1 Å². The Hall–Kier alpha value is -1.09. The molecule has 60 valence electrons. The van der Waals surface area contributed by atoms with E-state index in [0.29, 0.717) is 0 Å². The van der Waals surface area contributed by atoms with Gasteiger partial charge in [-0.05, 0) is 19.1 Å². The number of aromatic nitrogens is 1. The molecule has 0 fully saturated rings. The summed E-state index contributed by atoms with van der Waals surface area (Å²) in [7, 11) is 1.61. The van der Waals surface area contributed by atoms with Crippen LogP contribution in [0.1, 0.15) is 18.7 Å². The molecular weight excluding hydrogens is 140 g/mol. The van der Waals surface area contributed by atoms with Gasteiger partial charge in [0.2, 0.25) is 0 Å². The molecule has 3 nitrogen and oxygen atoms in total. The van der Waals surface area contributed by atoms with Crippen LogP contribution >= 0.6 is 0 Å². The minimum Gasteiger partial charge on any atom is -0.495 e. The average molecular weight is 152 g/mol. The Labute approximate surface area is 66.2 Å². The van der Waals surface area contributed by atoms with E-state index in [1.165, 1.54) is 0 Å². The van der Waals surface area contributed by atoms with E-state index in [0.717, 1.165) is 11.4 Å². The van der Waals surface area contributed by atoms with E-state index >= 15 is 0 Å². The second-order valence-corrected chi connectivity index (χ2v) is 2.38. The molecule has 0 bridgehead atoms. The van der Waals surface area contributed by atoms with Crippen LogP contribution in [0, 0.1) is 0 Å². The van der Waals surface area contributed by atoms with Crippen molar-refractivity contribution in [2.75, 3.05) is 7.11 Å². The molecule has 1 aromatic heterocycles. The summed E-state index contributed by atoms with van der Waals surface area (Å²) in [6, 6.07) is 3.60. The third-order valence-electron chi connectivity index (χ3n) is 1.45. The molecule has 0 saturated heterocycles. The van der Waals surface area contributed by atoms with Crippen molar-refractivity contribution in [2.24, 2.45) is 5.73 Å². The van der Waals surface area contributed by atoms with Gasteiger partial charge in [0.05, 0.1) is 12.8 Å². The van der Waals surface area contributed by atoms with Crippen LogP contribution in [0.4, 0.5) is 0 Å². The van der Waals surface area contributed by atoms with Crippen LogP contribution in [-0.2, 0) is 0 Å². The molecule has 0 aliphatic heterocycles. The van der Waals surface area contributed by atoms with Gasteiger partial charge in [-0.3, -0.25) is 4.98 Å². The van der Waals surface area contributed by atoms with Gasteiger partial charge in [0.15, 0.2) is 0 Å². The lowest BCUT2D eigenvalue weighted by atomic mass is 10.2. The smallest absolute Gasteiger partial charge is 0.141 e. The first-order chi connectivity index (χ1) is 5.25. The first kappa shape index (κ1) is 8.01. The highest BCUT2D eigenvalue weighted by Crippen LogP contribution is 2.19. The molecule has 1 unspecified atom stereocenters. The SMILES string of the molecule is COc1cccnc1C(C)N. The molecule has 0 saturated carbocycles. The van der Waals surface area contributed by atoms with Crippen molar-refractivity contribution in [3.63, 3.8) is 0 Å². The van der Waals surface area contributed by atoms with Gasteiger partial charge in [-0.2, -0.15) is 0 Å². The van der Waals surface area contributed by atoms with Gasteiger partial charge in [0.25, 0.3) is 0 Å². The number of nitrogens with two attached hydrogens (primary N) is 1. The first-order valence-electron chi connectivity index (χ1n) is 3.50. The van der Waals surface area contributed by atoms with Gasteiger partial charge in [0, 0.05) is 12.2 Å². The van der Waals surface area contributed by atoms with Gasteiger partial charge in [-0.15, -0.1) is 0 Å². The van der Waals surface area contributed by atoms with E-state index in [4.69, 9.17) is 10.5 Å². The van der Waals surface area contributed by atoms with Gasteiger partial charge in [-0.25, -0.2) is 0 Å². The van der Waals surface area contributed by atoms with E-state index in [-0.39, 0.29) is 6.04 Å². The highest BCUT2D eigenvalue weighted by molar-refractivity contribution is 5.28. The van der Waals surface area contributed by atoms with Crippen molar-refractivity contribution in [3.8, 4) is 5.75 Å². The zero-order chi connectivity index (χ0) is 8.27. The quantitative estimate of drug-likeness (QED) is 0.690. The molecule has 1 atom stereocenters. The number of pyridine rings is 1. The molecule has 11 heavy (non-hydrogen) atoms. The molecule has 0 aliphatic carbocycles. The van der Waals surface area contributed by atoms with Crippen molar-refractivity contribution in [1.82, 2.24) is 4.98 Å². The number of hydrogen-bond acceptors (Lipinski definition) is 3. The van der Waals surface area contributed by atoms with E-state index in [2.05, 4.69) is 4.98 Å². The summed E-state index contributed by atoms with van der Waals surface area (Å²) in [4.78, 5) is 4.10. The summed E-state index contributed by atoms with van der Waals surface area (Å²) in [5.41, 5.74) is 6.45. The van der Waals surface area contributed by atoms with Gasteiger partial charge in [0.1, 0.15) is 5.75 Å². The molecule has 1 aromatic rings. The predicted octanol–water partition coefficient (Wildman–Crippen LogP) is 1.11. The molecular formula is C8H12N2O. The Morgan fingerprint density at radius 3 is 2.82 bits per heavy atom. The van der Waals surface area contributed by atoms with Crippen LogP contribution in [0.15, 0.2) is 18.3 Å². The highest BCUT2D eigenvalue weighted by atomic mass is 16.5. The number of ether oxygens (including phenoxy) is 1. The fourth-order valence-corrected chi connectivity index (χ4v) is 0.917. The molecule has 0 radical (unpaired) electrons. The predicted molar refractivity (Wildman–Crippen MR) is 43.4 cm³/mol. The number of hydrogen-bond donors (Lipinski definition) is 1. The van der Waals surface area contributed by atoms with Crippen LogP contribution in [0.25, 0.3) is 0 Å². The summed E-state index contributed by atoms with van der Waals surface area (Å²) in [5, 5.41) is 0. The van der Waals surface area contributed by atoms with Crippen LogP contribution in [0.3, 0.4) is 0 Å². The Balaban J connectivity index is 3.02. The Morgan fingerprint density at radius 1 is 1.64 bits per heavy atom. The first-order valence-corrected chi connectivity index (χ1v) is 3.50. The number of nitrogens with zero attached hydrogens (tertiary/aromatic N) is 1. The summed E-state index contributed by atoms with van der Waals surface area (Å²) in [6.07, 6.45) is 1.71. The molecule has 0 amide bonds. The highest BCUT2D eigenvalue weighted by Gasteiger charge is 2.06. The summed E-state index contributed by atoms with van der Waals surface area (Å²) in [5.74, 6) is 0.752. The summed E-state index contributed by atoms with van der Waals surface area (Å²) >= 11 is 0. The summed E-state index contributed by atoms with van der Waals surface area (Å²) < 4.78 is 5.06. The lowest BCUT2D eigenvalue weighted by molar-refractivity contribution is 0.403. The topological polar surface area (TPSA) is 48.1 Å². The van der Waals surface area contributed by atoms with Crippen molar-refractivity contribution in [1.29, 1.82) is 0 Å². The maximum absolute atomic E-state index is 5.65.